The van der Waals surface area contributed by atoms with Crippen LogP contribution in [0.25, 0.3) is 10.9 Å². The average molecular weight is 244 g/mol. The molecule has 3 heteroatoms. The topological polar surface area (TPSA) is 34.1 Å². The van der Waals surface area contributed by atoms with Crippen molar-refractivity contribution in [2.75, 3.05) is 13.7 Å². The molecule has 0 amide bonds. The molecule has 0 aliphatic heterocycles. The van der Waals surface area contributed by atoms with Crippen molar-refractivity contribution in [2.24, 2.45) is 0 Å². The van der Waals surface area contributed by atoms with Gasteiger partial charge in [0.25, 0.3) is 0 Å². The maximum absolute atomic E-state index is 5.17. The molecule has 1 N–H and O–H groups in total. The Bertz CT molecular complexity index is 499. The lowest BCUT2D eigenvalue weighted by molar-refractivity contribution is 0.163. The Morgan fingerprint density at radius 1 is 1.22 bits per heavy atom. The van der Waals surface area contributed by atoms with Crippen LogP contribution in [0.4, 0.5) is 0 Å². The van der Waals surface area contributed by atoms with Gasteiger partial charge >= 0.3 is 0 Å². The maximum Gasteiger partial charge on any atom is 0.0705 e. The van der Waals surface area contributed by atoms with Crippen molar-refractivity contribution < 1.29 is 4.74 Å². The molecule has 0 spiro atoms. The zero-order chi connectivity index (χ0) is 12.8. The Kier molecular flexibility index (Phi) is 4.67. The molecule has 1 unspecified atom stereocenters. The minimum absolute atomic E-state index is 0.392. The van der Waals surface area contributed by atoms with Gasteiger partial charge in [0.1, 0.15) is 0 Å². The lowest BCUT2D eigenvalue weighted by Gasteiger charge is -2.15. The van der Waals surface area contributed by atoms with Crippen LogP contribution in [0.15, 0.2) is 36.4 Å². The molecule has 0 saturated heterocycles. The molecule has 1 atom stereocenters. The Balaban J connectivity index is 2.03. The second kappa shape index (κ2) is 6.47. The summed E-state index contributed by atoms with van der Waals surface area (Å²) in [6.07, 6.45) is 1.06. The fourth-order valence-electron chi connectivity index (χ4n) is 1.98. The van der Waals surface area contributed by atoms with Gasteiger partial charge in [-0.15, -0.1) is 0 Å². The molecule has 2 rings (SSSR count). The van der Waals surface area contributed by atoms with E-state index in [2.05, 4.69) is 35.4 Å². The Morgan fingerprint density at radius 2 is 2.06 bits per heavy atom. The molecule has 1 aromatic heterocycles. The van der Waals surface area contributed by atoms with Gasteiger partial charge in [-0.1, -0.05) is 31.2 Å². The van der Waals surface area contributed by atoms with Crippen LogP contribution in [0.1, 0.15) is 19.0 Å². The summed E-state index contributed by atoms with van der Waals surface area (Å²) in [7, 11) is 1.73. The first-order chi connectivity index (χ1) is 8.83. The van der Waals surface area contributed by atoms with Crippen molar-refractivity contribution in [2.45, 2.75) is 25.9 Å². The highest BCUT2D eigenvalue weighted by Gasteiger charge is 2.05. The minimum Gasteiger partial charge on any atom is -0.383 e. The molecule has 1 heterocycles. The van der Waals surface area contributed by atoms with Gasteiger partial charge in [-0.25, -0.2) is 0 Å². The van der Waals surface area contributed by atoms with Crippen LogP contribution >= 0.6 is 0 Å². The summed E-state index contributed by atoms with van der Waals surface area (Å²) in [5.41, 5.74) is 2.12. The number of rotatable bonds is 6. The number of methoxy groups -OCH3 is 1. The average Bonchev–Trinajstić information content (AvgIpc) is 2.43. The number of para-hydroxylation sites is 1. The molecule has 0 aliphatic carbocycles. The van der Waals surface area contributed by atoms with Crippen LogP contribution in [0.3, 0.4) is 0 Å². The number of fused-ring (bicyclic) bond motifs is 1. The van der Waals surface area contributed by atoms with E-state index < -0.39 is 0 Å². The zero-order valence-corrected chi connectivity index (χ0v) is 11.0. The van der Waals surface area contributed by atoms with Gasteiger partial charge < -0.3 is 10.1 Å². The SMILES string of the molecule is CCC(COC)NCc1ccc2ccccc2n1. The van der Waals surface area contributed by atoms with Crippen LogP contribution in [0.2, 0.25) is 0 Å². The van der Waals surface area contributed by atoms with Crippen molar-refractivity contribution in [1.29, 1.82) is 0 Å². The molecule has 0 bridgehead atoms. The van der Waals surface area contributed by atoms with Crippen molar-refractivity contribution in [3.05, 3.63) is 42.1 Å². The summed E-state index contributed by atoms with van der Waals surface area (Å²) >= 11 is 0. The highest BCUT2D eigenvalue weighted by Crippen LogP contribution is 2.11. The number of nitrogens with one attached hydrogen (secondary N) is 1. The number of benzene rings is 1. The van der Waals surface area contributed by atoms with Gasteiger partial charge in [-0.05, 0) is 18.6 Å². The van der Waals surface area contributed by atoms with Crippen molar-refractivity contribution in [3.63, 3.8) is 0 Å². The van der Waals surface area contributed by atoms with E-state index >= 15 is 0 Å². The third-order valence-electron chi connectivity index (χ3n) is 3.09. The fraction of sp³-hybridized carbons (Fsp3) is 0.400. The minimum atomic E-state index is 0.392. The fourth-order valence-corrected chi connectivity index (χ4v) is 1.98. The number of nitrogens with zero attached hydrogens (tertiary/aromatic N) is 1. The normalized spacial score (nSPS) is 12.8. The second-order valence-corrected chi connectivity index (χ2v) is 4.44. The van der Waals surface area contributed by atoms with E-state index in [4.69, 9.17) is 4.74 Å². The molecule has 18 heavy (non-hydrogen) atoms. The number of hydrogen-bond donors (Lipinski definition) is 1. The van der Waals surface area contributed by atoms with Crippen LogP contribution in [-0.4, -0.2) is 24.7 Å². The molecule has 1 aromatic carbocycles. The number of hydrogen-bond acceptors (Lipinski definition) is 3. The number of ether oxygens (including phenoxy) is 1. The van der Waals surface area contributed by atoms with E-state index in [0.29, 0.717) is 6.04 Å². The number of aromatic nitrogens is 1. The molecular weight excluding hydrogens is 224 g/mol. The second-order valence-electron chi connectivity index (χ2n) is 4.44. The Hall–Kier alpha value is -1.45. The Morgan fingerprint density at radius 3 is 2.83 bits per heavy atom. The van der Waals surface area contributed by atoms with Crippen molar-refractivity contribution in [1.82, 2.24) is 10.3 Å². The highest BCUT2D eigenvalue weighted by atomic mass is 16.5. The van der Waals surface area contributed by atoms with Crippen molar-refractivity contribution in [3.8, 4) is 0 Å². The molecule has 3 nitrogen and oxygen atoms in total. The van der Waals surface area contributed by atoms with E-state index in [1.165, 1.54) is 5.39 Å². The molecule has 96 valence electrons. The van der Waals surface area contributed by atoms with E-state index in [-0.39, 0.29) is 0 Å². The highest BCUT2D eigenvalue weighted by molar-refractivity contribution is 5.78. The first-order valence-electron chi connectivity index (χ1n) is 6.40. The van der Waals surface area contributed by atoms with E-state index in [1.54, 1.807) is 7.11 Å². The number of pyridine rings is 1. The van der Waals surface area contributed by atoms with E-state index in [9.17, 15) is 0 Å². The molecule has 0 aliphatic rings. The first kappa shape index (κ1) is 13.0. The molecule has 2 aromatic rings. The molecule has 0 saturated carbocycles. The van der Waals surface area contributed by atoms with Gasteiger partial charge in [-0.3, -0.25) is 4.98 Å². The van der Waals surface area contributed by atoms with E-state index in [0.717, 1.165) is 30.8 Å². The van der Waals surface area contributed by atoms with Gasteiger partial charge in [0.2, 0.25) is 0 Å². The lowest BCUT2D eigenvalue weighted by Crippen LogP contribution is -2.32. The summed E-state index contributed by atoms with van der Waals surface area (Å²) < 4.78 is 5.17. The predicted molar refractivity (Wildman–Crippen MR) is 74.5 cm³/mol. The summed E-state index contributed by atoms with van der Waals surface area (Å²) in [5.74, 6) is 0. The van der Waals surface area contributed by atoms with Crippen LogP contribution in [0.5, 0.6) is 0 Å². The Labute approximate surface area is 108 Å². The predicted octanol–water partition coefficient (Wildman–Crippen LogP) is 2.75. The third kappa shape index (κ3) is 3.28. The van der Waals surface area contributed by atoms with Crippen LogP contribution in [0, 0.1) is 0 Å². The first-order valence-corrected chi connectivity index (χ1v) is 6.40. The van der Waals surface area contributed by atoms with Gasteiger partial charge in [0.05, 0.1) is 17.8 Å². The summed E-state index contributed by atoms with van der Waals surface area (Å²) in [5, 5.41) is 4.65. The quantitative estimate of drug-likeness (QED) is 0.848. The van der Waals surface area contributed by atoms with Gasteiger partial charge in [0, 0.05) is 25.1 Å². The summed E-state index contributed by atoms with van der Waals surface area (Å²) in [6, 6.07) is 12.8. The van der Waals surface area contributed by atoms with Crippen LogP contribution < -0.4 is 5.32 Å². The largest absolute Gasteiger partial charge is 0.383 e. The monoisotopic (exact) mass is 244 g/mol. The maximum atomic E-state index is 5.17. The molecular formula is C15H20N2O. The summed E-state index contributed by atoms with van der Waals surface area (Å²) in [6.45, 7) is 3.68. The molecule has 0 radical (unpaired) electrons. The van der Waals surface area contributed by atoms with E-state index in [1.807, 2.05) is 18.2 Å². The smallest absolute Gasteiger partial charge is 0.0705 e. The third-order valence-corrected chi connectivity index (χ3v) is 3.09. The van der Waals surface area contributed by atoms with Gasteiger partial charge in [0.15, 0.2) is 0 Å². The van der Waals surface area contributed by atoms with Crippen LogP contribution in [-0.2, 0) is 11.3 Å². The lowest BCUT2D eigenvalue weighted by atomic mass is 10.2. The standard InChI is InChI=1S/C15H20N2O/c1-3-13(11-18-2)16-10-14-9-8-12-6-4-5-7-15(12)17-14/h4-9,13,16H,3,10-11H2,1-2H3. The zero-order valence-electron chi connectivity index (χ0n) is 11.0. The van der Waals surface area contributed by atoms with Gasteiger partial charge in [-0.2, -0.15) is 0 Å². The summed E-state index contributed by atoms with van der Waals surface area (Å²) in [4.78, 5) is 4.64. The molecule has 0 fully saturated rings. The van der Waals surface area contributed by atoms with Crippen molar-refractivity contribution >= 4 is 10.9 Å².